The summed E-state index contributed by atoms with van der Waals surface area (Å²) in [7, 11) is 0. The van der Waals surface area contributed by atoms with Crippen molar-refractivity contribution in [2.24, 2.45) is 0 Å². The third-order valence-corrected chi connectivity index (χ3v) is 1.01. The molecule has 0 aromatic carbocycles. The summed E-state index contributed by atoms with van der Waals surface area (Å²) in [6, 6.07) is 4.36. The Hall–Kier alpha value is 0.0139. The molecule has 0 bridgehead atoms. The van der Waals surface area contributed by atoms with Crippen LogP contribution in [0.1, 0.15) is 5.56 Å². The maximum Gasteiger partial charge on any atom is 0.0490 e. The summed E-state index contributed by atoms with van der Waals surface area (Å²) >= 11 is 0. The number of rotatable bonds is 1. The van der Waals surface area contributed by atoms with Crippen LogP contribution >= 0.6 is 0 Å². The van der Waals surface area contributed by atoms with Crippen molar-refractivity contribution in [3.05, 3.63) is 23.9 Å². The van der Waals surface area contributed by atoms with Crippen LogP contribution in [0, 0.1) is 6.07 Å². The molecule has 10 heavy (non-hydrogen) atoms. The Morgan fingerprint density at radius 2 is 2.40 bits per heavy atom. The quantitative estimate of drug-likeness (QED) is 0.642. The second-order valence-electron chi connectivity index (χ2n) is 1.61. The van der Waals surface area contributed by atoms with Crippen LogP contribution in [0.15, 0.2) is 12.3 Å². The van der Waals surface area contributed by atoms with Crippen LogP contribution in [0.5, 0.6) is 0 Å². The maximum atomic E-state index is 8.57. The molecule has 0 aliphatic heterocycles. The Labute approximate surface area is 84.5 Å². The molecule has 0 amide bonds. The average molecular weight is 212 g/mol. The molecule has 0 unspecified atom stereocenters. The van der Waals surface area contributed by atoms with Gasteiger partial charge in [-0.1, -0.05) is 11.8 Å². The maximum absolute atomic E-state index is 8.57. The second-order valence-corrected chi connectivity index (χ2v) is 1.61. The minimum absolute atomic E-state index is 0. The predicted octanol–water partition coefficient (Wildman–Crippen LogP) is -0.0462. The summed E-state index contributed by atoms with van der Waals surface area (Å²) < 4.78 is 0. The van der Waals surface area contributed by atoms with E-state index in [9.17, 15) is 0 Å². The van der Waals surface area contributed by atoms with Crippen molar-refractivity contribution >= 4 is 5.82 Å². The number of aliphatic hydroxyl groups excluding tert-OH is 1. The fourth-order valence-electron chi connectivity index (χ4n) is 0.534. The summed E-state index contributed by atoms with van der Waals surface area (Å²) in [6.45, 7) is -0.0975. The standard InChI is InChI=1S/C6H7N2O.Y/c7-6-5(4-9)2-1-3-8-6;/h1,3,9H,4H2,(H2,7,8);/q-1;. The van der Waals surface area contributed by atoms with Crippen LogP contribution in [0.3, 0.4) is 0 Å². The molecule has 1 heterocycles. The first kappa shape index (κ1) is 10.0. The van der Waals surface area contributed by atoms with E-state index in [4.69, 9.17) is 10.8 Å². The topological polar surface area (TPSA) is 59.1 Å². The van der Waals surface area contributed by atoms with E-state index in [1.54, 1.807) is 6.07 Å². The van der Waals surface area contributed by atoms with Gasteiger partial charge in [0.15, 0.2) is 0 Å². The van der Waals surface area contributed by atoms with E-state index < -0.39 is 0 Å². The van der Waals surface area contributed by atoms with Crippen molar-refractivity contribution in [2.75, 3.05) is 5.73 Å². The Bertz CT molecular complexity index is 205. The van der Waals surface area contributed by atoms with Gasteiger partial charge < -0.3 is 15.8 Å². The summed E-state index contributed by atoms with van der Waals surface area (Å²) in [5, 5.41) is 8.57. The molecule has 4 heteroatoms. The average Bonchev–Trinajstić information content (AvgIpc) is 1.89. The molecule has 1 rings (SSSR count). The van der Waals surface area contributed by atoms with E-state index in [0.717, 1.165) is 0 Å². The molecule has 0 aliphatic carbocycles. The van der Waals surface area contributed by atoms with Crippen LogP contribution < -0.4 is 5.73 Å². The number of anilines is 1. The van der Waals surface area contributed by atoms with Crippen LogP contribution in [-0.4, -0.2) is 10.1 Å². The molecule has 0 spiro atoms. The van der Waals surface area contributed by atoms with E-state index in [-0.39, 0.29) is 39.3 Å². The van der Waals surface area contributed by atoms with Crippen molar-refractivity contribution in [1.82, 2.24) is 4.98 Å². The van der Waals surface area contributed by atoms with E-state index in [0.29, 0.717) is 11.4 Å². The number of pyridine rings is 1. The number of aliphatic hydroxyl groups is 1. The minimum atomic E-state index is -0.0975. The zero-order valence-electron chi connectivity index (χ0n) is 5.41. The van der Waals surface area contributed by atoms with Crippen LogP contribution in [-0.2, 0) is 39.3 Å². The first-order valence-corrected chi connectivity index (χ1v) is 2.56. The summed E-state index contributed by atoms with van der Waals surface area (Å²) in [5.41, 5.74) is 5.88. The monoisotopic (exact) mass is 212 g/mol. The number of hydrogen-bond acceptors (Lipinski definition) is 3. The molecule has 0 atom stereocenters. The number of nitrogens with zero attached hydrogens (tertiary/aromatic N) is 1. The molecule has 0 fully saturated rings. The third kappa shape index (κ3) is 2.33. The minimum Gasteiger partial charge on any atom is -0.435 e. The molecular weight excluding hydrogens is 205 g/mol. The molecule has 1 aromatic heterocycles. The number of nitrogen functional groups attached to an aromatic ring is 1. The first-order chi connectivity index (χ1) is 4.34. The Morgan fingerprint density at radius 1 is 1.70 bits per heavy atom. The van der Waals surface area contributed by atoms with Gasteiger partial charge in [0.2, 0.25) is 0 Å². The van der Waals surface area contributed by atoms with Crippen molar-refractivity contribution in [2.45, 2.75) is 6.61 Å². The van der Waals surface area contributed by atoms with Crippen molar-refractivity contribution < 1.29 is 37.8 Å². The molecule has 1 radical (unpaired) electrons. The van der Waals surface area contributed by atoms with E-state index in [1.165, 1.54) is 6.20 Å². The van der Waals surface area contributed by atoms with E-state index >= 15 is 0 Å². The van der Waals surface area contributed by atoms with E-state index in [2.05, 4.69) is 11.1 Å². The predicted molar refractivity (Wildman–Crippen MR) is 33.4 cm³/mol. The van der Waals surface area contributed by atoms with Crippen LogP contribution in [0.25, 0.3) is 0 Å². The molecule has 51 valence electrons. The van der Waals surface area contributed by atoms with Crippen molar-refractivity contribution in [3.8, 4) is 0 Å². The molecule has 3 nitrogen and oxygen atoms in total. The Kier molecular flexibility index (Phi) is 4.78. The largest absolute Gasteiger partial charge is 0.435 e. The Balaban J connectivity index is 0.000000810. The smallest absolute Gasteiger partial charge is 0.0490 e. The van der Waals surface area contributed by atoms with Crippen LogP contribution in [0.2, 0.25) is 0 Å². The zero-order valence-corrected chi connectivity index (χ0v) is 8.25. The zero-order chi connectivity index (χ0) is 6.69. The van der Waals surface area contributed by atoms with Gasteiger partial charge in [0.05, 0.1) is 0 Å². The fourth-order valence-corrected chi connectivity index (χ4v) is 0.534. The molecule has 0 saturated heterocycles. The normalized spacial score (nSPS) is 8.50. The van der Waals surface area contributed by atoms with Gasteiger partial charge in [0.25, 0.3) is 0 Å². The number of aromatic nitrogens is 1. The first-order valence-electron chi connectivity index (χ1n) is 2.56. The van der Waals surface area contributed by atoms with Gasteiger partial charge in [-0.2, -0.15) is 12.1 Å². The fraction of sp³-hybridized carbons (Fsp3) is 0.167. The van der Waals surface area contributed by atoms with Crippen molar-refractivity contribution in [1.29, 1.82) is 0 Å². The molecule has 1 aromatic rings. The van der Waals surface area contributed by atoms with Gasteiger partial charge in [0.1, 0.15) is 0 Å². The van der Waals surface area contributed by atoms with Gasteiger partial charge in [-0.05, 0) is 0 Å². The Morgan fingerprint density at radius 3 is 2.80 bits per heavy atom. The van der Waals surface area contributed by atoms with Gasteiger partial charge in [-0.15, -0.1) is 0 Å². The van der Waals surface area contributed by atoms with Gasteiger partial charge in [-0.25, -0.2) is 0 Å². The summed E-state index contributed by atoms with van der Waals surface area (Å²) in [5.74, 6) is 0.347. The van der Waals surface area contributed by atoms with E-state index in [1.807, 2.05) is 0 Å². The van der Waals surface area contributed by atoms with Gasteiger partial charge >= 0.3 is 0 Å². The molecule has 0 saturated carbocycles. The summed E-state index contributed by atoms with van der Waals surface area (Å²) in [6.07, 6.45) is 1.54. The molecule has 3 N–H and O–H groups in total. The molecule has 0 aliphatic rings. The van der Waals surface area contributed by atoms with Gasteiger partial charge in [-0.3, -0.25) is 0 Å². The molecular formula is C6H7N2OY-. The SMILES string of the molecule is Nc1ncc[c-]c1CO.[Y]. The van der Waals surface area contributed by atoms with Crippen LogP contribution in [0.4, 0.5) is 5.82 Å². The van der Waals surface area contributed by atoms with Crippen molar-refractivity contribution in [3.63, 3.8) is 0 Å². The summed E-state index contributed by atoms with van der Waals surface area (Å²) in [4.78, 5) is 3.74. The van der Waals surface area contributed by atoms with Gasteiger partial charge in [0, 0.05) is 45.1 Å². The third-order valence-electron chi connectivity index (χ3n) is 1.01. The second kappa shape index (κ2) is 4.77. The number of hydrogen-bond donors (Lipinski definition) is 2. The number of nitrogens with two attached hydrogens (primary N) is 1.